The molecule has 2 rings (SSSR count). The topological polar surface area (TPSA) is 244 Å². The molecule has 0 unspecified atom stereocenters. The van der Waals surface area contributed by atoms with Crippen LogP contribution in [0.1, 0.15) is 6.42 Å². The van der Waals surface area contributed by atoms with Gasteiger partial charge in [-0.2, -0.15) is 0 Å². The summed E-state index contributed by atoms with van der Waals surface area (Å²) in [7, 11) is 0. The maximum Gasteiger partial charge on any atom is 0.305 e. The lowest BCUT2D eigenvalue weighted by molar-refractivity contribution is -0.359. The van der Waals surface area contributed by atoms with Gasteiger partial charge in [0.1, 0.15) is 48.8 Å². The van der Waals surface area contributed by atoms with E-state index < -0.39 is 80.6 Å². The van der Waals surface area contributed by atoms with Crippen LogP contribution in [-0.4, -0.2) is 168 Å². The number of hydrogen-bond acceptors (Lipinski definition) is 15. The van der Waals surface area contributed by atoms with Gasteiger partial charge < -0.3 is 74.0 Å². The van der Waals surface area contributed by atoms with E-state index in [0.29, 0.717) is 0 Å². The van der Waals surface area contributed by atoms with Crippen molar-refractivity contribution in [1.29, 1.82) is 0 Å². The monoisotopic (exact) mass is 546 g/mol. The number of carbonyl (C=O) groups is 1. The minimum atomic E-state index is -1.75. The lowest BCUT2D eigenvalue weighted by Gasteiger charge is -2.45. The molecule has 2 saturated heterocycles. The van der Waals surface area contributed by atoms with Crippen molar-refractivity contribution in [3.63, 3.8) is 0 Å². The van der Waals surface area contributed by atoms with E-state index in [4.69, 9.17) is 38.3 Å². The van der Waals surface area contributed by atoms with Gasteiger partial charge in [-0.3, -0.25) is 4.79 Å². The number of aliphatic carboxylic acids is 1. The highest BCUT2D eigenvalue weighted by Crippen LogP contribution is 2.29. The summed E-state index contributed by atoms with van der Waals surface area (Å²) in [6.45, 7) is -0.187. The molecule has 218 valence electrons. The number of aliphatic hydroxyl groups excluding tert-OH is 7. The highest BCUT2D eigenvalue weighted by Gasteiger charge is 2.50. The van der Waals surface area contributed by atoms with Crippen LogP contribution in [-0.2, 0) is 38.0 Å². The molecule has 37 heavy (non-hydrogen) atoms. The summed E-state index contributed by atoms with van der Waals surface area (Å²) >= 11 is 0. The molecule has 8 N–H and O–H groups in total. The van der Waals surface area contributed by atoms with Gasteiger partial charge in [-0.05, 0) is 0 Å². The van der Waals surface area contributed by atoms with Gasteiger partial charge >= 0.3 is 5.97 Å². The Labute approximate surface area is 212 Å². The summed E-state index contributed by atoms with van der Waals surface area (Å²) in [5.41, 5.74) is 0. The minimum Gasteiger partial charge on any atom is -0.481 e. The standard InChI is InChI=1S/C21H38O16/c22-9-11-14(26)15(27)17(29)21(35-11)37-19-12(10-23)36-20(18(30)16(19)28)34-8-7-33-6-5-32-4-3-31-2-1-13(24)25/h11-12,14-23,26-30H,1-10H2,(H,24,25)/t11-,12-,14+,15+,16-,17-,18-,19-,20-,21+/m1/s1. The van der Waals surface area contributed by atoms with Gasteiger partial charge in [0.05, 0.1) is 65.9 Å². The van der Waals surface area contributed by atoms with Crippen molar-refractivity contribution in [1.82, 2.24) is 0 Å². The Morgan fingerprint density at radius 3 is 1.70 bits per heavy atom. The molecule has 2 fully saturated rings. The van der Waals surface area contributed by atoms with E-state index in [2.05, 4.69) is 0 Å². The third-order valence-corrected chi connectivity index (χ3v) is 5.67. The predicted octanol–water partition coefficient (Wildman–Crippen LogP) is -4.85. The molecule has 2 aliphatic heterocycles. The Hall–Kier alpha value is -1.09. The molecule has 0 amide bonds. The first-order valence-electron chi connectivity index (χ1n) is 11.9. The van der Waals surface area contributed by atoms with Gasteiger partial charge in [0.15, 0.2) is 12.6 Å². The summed E-state index contributed by atoms with van der Waals surface area (Å²) in [6.07, 6.45) is -15.3. The van der Waals surface area contributed by atoms with Crippen LogP contribution in [0.15, 0.2) is 0 Å². The SMILES string of the molecule is O=C(O)CCOCCOCCOCCO[C@@H]1O[C@H](CO)[C@@H](O[C@@H]2O[C@H](CO)[C@H](O)[C@H](O)[C@H]2O)[C@H](O)[C@H]1O. The molecule has 0 aromatic heterocycles. The van der Waals surface area contributed by atoms with Crippen molar-refractivity contribution in [3.8, 4) is 0 Å². The van der Waals surface area contributed by atoms with Crippen molar-refractivity contribution in [2.45, 2.75) is 67.8 Å². The second-order valence-corrected chi connectivity index (χ2v) is 8.36. The maximum atomic E-state index is 10.5. The molecule has 0 aromatic rings. The lowest BCUT2D eigenvalue weighted by atomic mass is 9.97. The van der Waals surface area contributed by atoms with E-state index in [1.807, 2.05) is 0 Å². The molecule has 0 radical (unpaired) electrons. The highest BCUT2D eigenvalue weighted by atomic mass is 16.7. The van der Waals surface area contributed by atoms with Crippen LogP contribution in [0, 0.1) is 0 Å². The predicted molar refractivity (Wildman–Crippen MR) is 117 cm³/mol. The number of ether oxygens (including phenoxy) is 7. The Kier molecular flexibility index (Phi) is 14.6. The summed E-state index contributed by atoms with van der Waals surface area (Å²) in [5, 5.41) is 78.3. The molecule has 0 aromatic carbocycles. The van der Waals surface area contributed by atoms with E-state index in [0.717, 1.165) is 0 Å². The van der Waals surface area contributed by atoms with Gasteiger partial charge in [0.25, 0.3) is 0 Å². The average Bonchev–Trinajstić information content (AvgIpc) is 2.88. The maximum absolute atomic E-state index is 10.5. The largest absolute Gasteiger partial charge is 0.481 e. The van der Waals surface area contributed by atoms with E-state index >= 15 is 0 Å². The first kappa shape index (κ1) is 32.1. The Morgan fingerprint density at radius 1 is 0.622 bits per heavy atom. The quantitative estimate of drug-likeness (QED) is 0.0797. The fraction of sp³-hybridized carbons (Fsp3) is 0.952. The Morgan fingerprint density at radius 2 is 1.14 bits per heavy atom. The molecule has 16 nitrogen and oxygen atoms in total. The van der Waals surface area contributed by atoms with Crippen molar-refractivity contribution < 1.29 is 78.8 Å². The number of aliphatic hydroxyl groups is 7. The molecule has 0 spiro atoms. The van der Waals surface area contributed by atoms with E-state index in [1.165, 1.54) is 0 Å². The number of carboxylic acids is 1. The highest BCUT2D eigenvalue weighted by molar-refractivity contribution is 5.66. The number of hydrogen-bond donors (Lipinski definition) is 8. The third kappa shape index (κ3) is 9.86. The molecule has 2 heterocycles. The third-order valence-electron chi connectivity index (χ3n) is 5.67. The summed E-state index contributed by atoms with van der Waals surface area (Å²) < 4.78 is 37.2. The minimum absolute atomic E-state index is 0.0386. The van der Waals surface area contributed by atoms with Crippen molar-refractivity contribution >= 4 is 5.97 Å². The van der Waals surface area contributed by atoms with Crippen molar-refractivity contribution in [3.05, 3.63) is 0 Å². The van der Waals surface area contributed by atoms with Crippen LogP contribution >= 0.6 is 0 Å². The fourth-order valence-electron chi connectivity index (χ4n) is 3.62. The molecule has 0 aliphatic carbocycles. The smallest absolute Gasteiger partial charge is 0.305 e. The number of carboxylic acid groups (broad SMARTS) is 1. The zero-order valence-corrected chi connectivity index (χ0v) is 20.2. The first-order chi connectivity index (χ1) is 17.7. The molecular formula is C21H38O16. The van der Waals surface area contributed by atoms with Gasteiger partial charge in [-0.25, -0.2) is 0 Å². The molecule has 10 atom stereocenters. The summed E-state index contributed by atoms with van der Waals surface area (Å²) in [5.74, 6) is -0.940. The fourth-order valence-corrected chi connectivity index (χ4v) is 3.62. The molecular weight excluding hydrogens is 508 g/mol. The van der Waals surface area contributed by atoms with Gasteiger partial charge in [-0.15, -0.1) is 0 Å². The van der Waals surface area contributed by atoms with E-state index in [1.54, 1.807) is 0 Å². The average molecular weight is 547 g/mol. The number of rotatable bonds is 17. The Balaban J connectivity index is 1.69. The second-order valence-electron chi connectivity index (χ2n) is 8.36. The Bertz CT molecular complexity index is 636. The molecule has 2 aliphatic rings. The lowest BCUT2D eigenvalue weighted by Crippen LogP contribution is -2.64. The molecule has 16 heteroatoms. The zero-order chi connectivity index (χ0) is 27.4. The van der Waals surface area contributed by atoms with Crippen LogP contribution in [0.5, 0.6) is 0 Å². The van der Waals surface area contributed by atoms with Crippen LogP contribution in [0.2, 0.25) is 0 Å². The van der Waals surface area contributed by atoms with E-state index in [9.17, 15) is 40.5 Å². The van der Waals surface area contributed by atoms with Crippen LogP contribution in [0.4, 0.5) is 0 Å². The molecule has 0 bridgehead atoms. The molecule has 0 saturated carbocycles. The van der Waals surface area contributed by atoms with Gasteiger partial charge in [-0.1, -0.05) is 0 Å². The van der Waals surface area contributed by atoms with Gasteiger partial charge in [0, 0.05) is 0 Å². The van der Waals surface area contributed by atoms with Crippen LogP contribution in [0.3, 0.4) is 0 Å². The van der Waals surface area contributed by atoms with Crippen molar-refractivity contribution in [2.75, 3.05) is 59.5 Å². The van der Waals surface area contributed by atoms with Crippen LogP contribution < -0.4 is 0 Å². The van der Waals surface area contributed by atoms with Crippen molar-refractivity contribution in [2.24, 2.45) is 0 Å². The van der Waals surface area contributed by atoms with Crippen LogP contribution in [0.25, 0.3) is 0 Å². The van der Waals surface area contributed by atoms with E-state index in [-0.39, 0.29) is 52.7 Å². The van der Waals surface area contributed by atoms with Gasteiger partial charge in [0.2, 0.25) is 0 Å². The summed E-state index contributed by atoms with van der Waals surface area (Å²) in [6, 6.07) is 0. The zero-order valence-electron chi connectivity index (χ0n) is 20.2. The first-order valence-corrected chi connectivity index (χ1v) is 11.9. The summed E-state index contributed by atoms with van der Waals surface area (Å²) in [4.78, 5) is 10.3. The second kappa shape index (κ2) is 16.8. The normalized spacial score (nSPS) is 36.5.